The zero-order chi connectivity index (χ0) is 24.5. The number of aryl methyl sites for hydroxylation is 1. The lowest BCUT2D eigenvalue weighted by Gasteiger charge is -2.26. The van der Waals surface area contributed by atoms with Gasteiger partial charge in [-0.1, -0.05) is 18.6 Å². The average molecular weight is 479 g/mol. The van der Waals surface area contributed by atoms with Crippen molar-refractivity contribution < 1.29 is 14.3 Å². The highest BCUT2D eigenvalue weighted by molar-refractivity contribution is 6.03. The molecule has 0 bridgehead atoms. The largest absolute Gasteiger partial charge is 0.497 e. The van der Waals surface area contributed by atoms with Gasteiger partial charge in [-0.15, -0.1) is 5.10 Å². The van der Waals surface area contributed by atoms with Crippen molar-refractivity contribution in [2.45, 2.75) is 32.2 Å². The molecule has 9 heteroatoms. The summed E-state index contributed by atoms with van der Waals surface area (Å²) in [5, 5.41) is 10.2. The van der Waals surface area contributed by atoms with Gasteiger partial charge in [0.25, 0.3) is 11.9 Å². The monoisotopic (exact) mass is 478 g/mol. The lowest BCUT2D eigenvalue weighted by atomic mass is 10.1. The molecule has 0 aliphatic carbocycles. The van der Waals surface area contributed by atoms with Crippen LogP contribution in [0.25, 0.3) is 0 Å². The Balaban J connectivity index is 1.19. The summed E-state index contributed by atoms with van der Waals surface area (Å²) < 4.78 is 12.7. The van der Waals surface area contributed by atoms with Crippen molar-refractivity contribution in [2.75, 3.05) is 44.0 Å². The molecule has 0 unspecified atom stereocenters. The molecule has 1 aliphatic rings. The standard InChI is InChI=1S/C26H34N6O3/c1-31-26(29-25(30-31)28-24(33)21-10-12-22(34-2)13-11-21)27-14-7-17-35-23-9-6-8-20(18-23)19-32-15-4-3-5-16-32/h6,8-13,18H,3-5,7,14-17,19H2,1-2H3,(H2,27,28,29,30,33). The normalized spacial score (nSPS) is 13.9. The SMILES string of the molecule is COc1ccc(C(=O)Nc2nc(NCCCOc3cccc(CN4CCCCC4)c3)n(C)n2)cc1. The van der Waals surface area contributed by atoms with Gasteiger partial charge in [0.2, 0.25) is 5.95 Å². The van der Waals surface area contributed by atoms with Crippen molar-refractivity contribution in [1.29, 1.82) is 0 Å². The van der Waals surface area contributed by atoms with E-state index in [4.69, 9.17) is 9.47 Å². The molecule has 1 saturated heterocycles. The van der Waals surface area contributed by atoms with E-state index in [-0.39, 0.29) is 11.9 Å². The van der Waals surface area contributed by atoms with Gasteiger partial charge in [-0.05, 0) is 74.3 Å². The number of amides is 1. The van der Waals surface area contributed by atoms with Crippen LogP contribution < -0.4 is 20.1 Å². The van der Waals surface area contributed by atoms with Crippen LogP contribution in [0.4, 0.5) is 11.9 Å². The second-order valence-corrected chi connectivity index (χ2v) is 8.68. The van der Waals surface area contributed by atoms with E-state index in [1.165, 1.54) is 37.9 Å². The summed E-state index contributed by atoms with van der Waals surface area (Å²) in [5.74, 6) is 2.15. The summed E-state index contributed by atoms with van der Waals surface area (Å²) in [7, 11) is 3.37. The molecule has 4 rings (SSSR count). The first-order valence-electron chi connectivity index (χ1n) is 12.1. The number of ether oxygens (including phenoxy) is 2. The highest BCUT2D eigenvalue weighted by Crippen LogP contribution is 2.18. The summed E-state index contributed by atoms with van der Waals surface area (Å²) in [4.78, 5) is 19.3. The third kappa shape index (κ3) is 7.19. The van der Waals surface area contributed by atoms with Crippen molar-refractivity contribution in [3.05, 3.63) is 59.7 Å². The number of hydrogen-bond donors (Lipinski definition) is 2. The number of rotatable bonds is 11. The molecule has 1 aliphatic heterocycles. The maximum Gasteiger partial charge on any atom is 0.258 e. The molecule has 1 fully saturated rings. The fraction of sp³-hybridized carbons (Fsp3) is 0.423. The molecule has 0 saturated carbocycles. The van der Waals surface area contributed by atoms with Crippen LogP contribution in [0.2, 0.25) is 0 Å². The van der Waals surface area contributed by atoms with E-state index in [1.807, 2.05) is 6.07 Å². The number of carbonyl (C=O) groups is 1. The van der Waals surface area contributed by atoms with Crippen LogP contribution in [0.1, 0.15) is 41.6 Å². The Hall–Kier alpha value is -3.59. The fourth-order valence-electron chi connectivity index (χ4n) is 4.08. The van der Waals surface area contributed by atoms with Gasteiger partial charge in [0, 0.05) is 25.7 Å². The van der Waals surface area contributed by atoms with Crippen molar-refractivity contribution in [2.24, 2.45) is 7.05 Å². The zero-order valence-corrected chi connectivity index (χ0v) is 20.5. The van der Waals surface area contributed by atoms with E-state index in [1.54, 1.807) is 43.1 Å². The fourth-order valence-corrected chi connectivity index (χ4v) is 4.08. The molecule has 2 aromatic carbocycles. The predicted molar refractivity (Wildman–Crippen MR) is 136 cm³/mol. The first-order valence-corrected chi connectivity index (χ1v) is 12.1. The molecule has 1 aromatic heterocycles. The maximum absolute atomic E-state index is 12.4. The molecule has 2 N–H and O–H groups in total. The van der Waals surface area contributed by atoms with Gasteiger partial charge >= 0.3 is 0 Å². The van der Waals surface area contributed by atoms with E-state index < -0.39 is 0 Å². The average Bonchev–Trinajstić information content (AvgIpc) is 3.23. The van der Waals surface area contributed by atoms with Gasteiger partial charge in [0.05, 0.1) is 13.7 Å². The van der Waals surface area contributed by atoms with E-state index in [0.717, 1.165) is 18.7 Å². The number of benzene rings is 2. The molecule has 0 atom stereocenters. The van der Waals surface area contributed by atoms with E-state index in [9.17, 15) is 4.79 Å². The van der Waals surface area contributed by atoms with E-state index in [0.29, 0.717) is 30.4 Å². The Morgan fingerprint density at radius 2 is 1.86 bits per heavy atom. The van der Waals surface area contributed by atoms with Gasteiger partial charge in [0.1, 0.15) is 11.5 Å². The van der Waals surface area contributed by atoms with Crippen LogP contribution in [-0.2, 0) is 13.6 Å². The van der Waals surface area contributed by atoms with E-state index >= 15 is 0 Å². The molecular weight excluding hydrogens is 444 g/mol. The van der Waals surface area contributed by atoms with Crippen LogP contribution in [0, 0.1) is 0 Å². The van der Waals surface area contributed by atoms with Gasteiger partial charge in [-0.2, -0.15) is 4.98 Å². The quantitative estimate of drug-likeness (QED) is 0.403. The van der Waals surface area contributed by atoms with E-state index in [2.05, 4.69) is 43.8 Å². The number of hydrogen-bond acceptors (Lipinski definition) is 7. The highest BCUT2D eigenvalue weighted by atomic mass is 16.5. The summed E-state index contributed by atoms with van der Waals surface area (Å²) in [6.07, 6.45) is 4.74. The summed E-state index contributed by atoms with van der Waals surface area (Å²) in [6, 6.07) is 15.2. The maximum atomic E-state index is 12.4. The van der Waals surface area contributed by atoms with Crippen molar-refractivity contribution >= 4 is 17.8 Å². The first-order chi connectivity index (χ1) is 17.1. The molecule has 9 nitrogen and oxygen atoms in total. The highest BCUT2D eigenvalue weighted by Gasteiger charge is 2.13. The Labute approximate surface area is 206 Å². The van der Waals surface area contributed by atoms with Gasteiger partial charge in [-0.3, -0.25) is 15.0 Å². The molecule has 0 spiro atoms. The molecule has 3 aromatic rings. The topological polar surface area (TPSA) is 93.5 Å². The summed E-state index contributed by atoms with van der Waals surface area (Å²) >= 11 is 0. The number of nitrogens with one attached hydrogen (secondary N) is 2. The summed E-state index contributed by atoms with van der Waals surface area (Å²) in [5.41, 5.74) is 1.80. The lowest BCUT2D eigenvalue weighted by molar-refractivity contribution is 0.102. The van der Waals surface area contributed by atoms with Gasteiger partial charge in [0.15, 0.2) is 0 Å². The number of aromatic nitrogens is 3. The summed E-state index contributed by atoms with van der Waals surface area (Å²) in [6.45, 7) is 4.63. The molecular formula is C26H34N6O3. The number of nitrogens with zero attached hydrogens (tertiary/aromatic N) is 4. The molecule has 186 valence electrons. The molecule has 35 heavy (non-hydrogen) atoms. The van der Waals surface area contributed by atoms with Crippen LogP contribution in [-0.4, -0.2) is 58.9 Å². The minimum Gasteiger partial charge on any atom is -0.497 e. The number of methoxy groups -OCH3 is 1. The zero-order valence-electron chi connectivity index (χ0n) is 20.5. The molecule has 2 heterocycles. The van der Waals surface area contributed by atoms with Gasteiger partial charge in [-0.25, -0.2) is 4.68 Å². The number of anilines is 2. The molecule has 1 amide bonds. The Bertz CT molecular complexity index is 1090. The Morgan fingerprint density at radius 3 is 2.63 bits per heavy atom. The number of likely N-dealkylation sites (tertiary alicyclic amines) is 1. The van der Waals surface area contributed by atoms with Crippen molar-refractivity contribution in [3.63, 3.8) is 0 Å². The minimum atomic E-state index is -0.277. The third-order valence-electron chi connectivity index (χ3n) is 5.97. The number of piperidine rings is 1. The minimum absolute atomic E-state index is 0.248. The molecule has 0 radical (unpaired) electrons. The second-order valence-electron chi connectivity index (χ2n) is 8.68. The first kappa shape index (κ1) is 24.5. The lowest BCUT2D eigenvalue weighted by Crippen LogP contribution is -2.29. The Kier molecular flexibility index (Phi) is 8.56. The van der Waals surface area contributed by atoms with Crippen LogP contribution in [0.5, 0.6) is 11.5 Å². The van der Waals surface area contributed by atoms with Gasteiger partial charge < -0.3 is 14.8 Å². The number of carbonyl (C=O) groups excluding carboxylic acids is 1. The Morgan fingerprint density at radius 1 is 1.06 bits per heavy atom. The van der Waals surface area contributed by atoms with Crippen LogP contribution >= 0.6 is 0 Å². The predicted octanol–water partition coefficient (Wildman–Crippen LogP) is 3.94. The van der Waals surface area contributed by atoms with Crippen molar-refractivity contribution in [3.8, 4) is 11.5 Å². The van der Waals surface area contributed by atoms with Crippen molar-refractivity contribution in [1.82, 2.24) is 19.7 Å². The third-order valence-corrected chi connectivity index (χ3v) is 5.97. The second kappa shape index (κ2) is 12.2. The smallest absolute Gasteiger partial charge is 0.258 e. The van der Waals surface area contributed by atoms with Crippen LogP contribution in [0.3, 0.4) is 0 Å². The van der Waals surface area contributed by atoms with Crippen LogP contribution in [0.15, 0.2) is 48.5 Å².